The fraction of sp³-hybridized carbons (Fsp3) is 0.500. The van der Waals surface area contributed by atoms with Crippen molar-refractivity contribution in [3.8, 4) is 0 Å². The number of rotatable bonds is 1. The van der Waals surface area contributed by atoms with Crippen molar-refractivity contribution in [2.45, 2.75) is 60.5 Å². The van der Waals surface area contributed by atoms with Gasteiger partial charge >= 0.3 is 0 Å². The van der Waals surface area contributed by atoms with Crippen molar-refractivity contribution in [2.24, 2.45) is 0 Å². The van der Waals surface area contributed by atoms with Crippen LogP contribution in [0.3, 0.4) is 0 Å². The Kier molecular flexibility index (Phi) is 12.0. The fourth-order valence-electron chi connectivity index (χ4n) is 3.55. The largest absolute Gasteiger partial charge is 0.658 e. The number of hydrogen-bond donors (Lipinski definition) is 0. The molecule has 2 aliphatic heterocycles. The Balaban J connectivity index is 0.000000242. The van der Waals surface area contributed by atoms with Crippen molar-refractivity contribution in [3.05, 3.63) is 75.1 Å². The fourth-order valence-corrected chi connectivity index (χ4v) is 3.55. The van der Waals surface area contributed by atoms with Gasteiger partial charge in [0.15, 0.2) is 0 Å². The monoisotopic (exact) mass is 492 g/mol. The van der Waals surface area contributed by atoms with Gasteiger partial charge in [-0.25, -0.2) is 0 Å². The molecule has 0 saturated carbocycles. The molecule has 2 heterocycles. The summed E-state index contributed by atoms with van der Waals surface area (Å²) >= 11 is 0. The summed E-state index contributed by atoms with van der Waals surface area (Å²) in [4.78, 5) is 2.50. The molecule has 0 aromatic heterocycles. The van der Waals surface area contributed by atoms with Gasteiger partial charge in [-0.15, -0.1) is 13.1 Å². The first-order chi connectivity index (χ1) is 12.7. The molecule has 145 valence electrons. The van der Waals surface area contributed by atoms with E-state index in [1.54, 1.807) is 5.56 Å². The molecule has 0 atom stereocenters. The molecule has 4 rings (SSSR count). The van der Waals surface area contributed by atoms with Crippen LogP contribution in [0.25, 0.3) is 5.32 Å². The normalized spacial score (nSPS) is 15.0. The molecule has 0 bridgehead atoms. The molecule has 0 amide bonds. The van der Waals surface area contributed by atoms with Gasteiger partial charge in [-0.05, 0) is 49.9 Å². The molecule has 0 fully saturated rings. The topological polar surface area (TPSA) is 17.3 Å². The summed E-state index contributed by atoms with van der Waals surface area (Å²) in [6.45, 7) is 16.0. The molecule has 2 nitrogen and oxygen atoms in total. The van der Waals surface area contributed by atoms with Gasteiger partial charge in [-0.1, -0.05) is 73.9 Å². The van der Waals surface area contributed by atoms with Crippen LogP contribution in [-0.4, -0.2) is 24.5 Å². The Morgan fingerprint density at radius 2 is 1.48 bits per heavy atom. The second-order valence-electron chi connectivity index (χ2n) is 7.02. The SMILES string of the molecule is CC.CCN1CCc2cc(C)ccc2C1.Cc1ccc2c(c1)C[N-]CC2.[Pr]. The summed E-state index contributed by atoms with van der Waals surface area (Å²) in [6, 6.07) is 13.5. The zero-order chi connectivity index (χ0) is 18.9. The average molecular weight is 492 g/mol. The van der Waals surface area contributed by atoms with Crippen LogP contribution < -0.4 is 0 Å². The second kappa shape index (κ2) is 13.0. The molecule has 0 spiro atoms. The number of hydrogen-bond acceptors (Lipinski definition) is 1. The van der Waals surface area contributed by atoms with Crippen molar-refractivity contribution < 1.29 is 41.3 Å². The maximum absolute atomic E-state index is 4.36. The summed E-state index contributed by atoms with van der Waals surface area (Å²) < 4.78 is 0. The molecule has 27 heavy (non-hydrogen) atoms. The van der Waals surface area contributed by atoms with Gasteiger partial charge in [0.1, 0.15) is 0 Å². The molecule has 0 unspecified atom stereocenters. The van der Waals surface area contributed by atoms with E-state index in [4.69, 9.17) is 0 Å². The molecular weight excluding hydrogens is 457 g/mol. The van der Waals surface area contributed by atoms with Crippen LogP contribution in [0.15, 0.2) is 36.4 Å². The first-order valence-electron chi connectivity index (χ1n) is 10.2. The summed E-state index contributed by atoms with van der Waals surface area (Å²) in [7, 11) is 0. The standard InChI is InChI=1S/C12H17N.C10H12N.C2H6.Pr/c1-3-13-7-6-11-8-10(2)4-5-12(11)9-13;1-8-2-3-9-4-5-11-7-10(9)6-8;1-2;/h4-5,8H,3,6-7,9H2,1-2H3;2-3,6H,4-5,7H2,1H3;1-2H3;/q;-1;;. The zero-order valence-electron chi connectivity index (χ0n) is 17.9. The number of nitrogens with zero attached hydrogens (tertiary/aromatic N) is 2. The molecule has 2 aliphatic rings. The third-order valence-corrected chi connectivity index (χ3v) is 5.08. The third-order valence-electron chi connectivity index (χ3n) is 5.08. The van der Waals surface area contributed by atoms with E-state index in [1.165, 1.54) is 47.3 Å². The van der Waals surface area contributed by atoms with Crippen LogP contribution in [0.4, 0.5) is 0 Å². The van der Waals surface area contributed by atoms with E-state index >= 15 is 0 Å². The van der Waals surface area contributed by atoms with Crippen molar-refractivity contribution in [2.75, 3.05) is 19.6 Å². The number of aryl methyl sites for hydroxylation is 2. The molecule has 1 radical (unpaired) electrons. The van der Waals surface area contributed by atoms with Crippen molar-refractivity contribution in [1.29, 1.82) is 0 Å². The molecule has 0 saturated heterocycles. The van der Waals surface area contributed by atoms with Crippen LogP contribution in [0.1, 0.15) is 54.2 Å². The summed E-state index contributed by atoms with van der Waals surface area (Å²) in [5.74, 6) is 0. The number of fused-ring (bicyclic) bond motifs is 2. The smallest absolute Gasteiger partial charge is 0.0236 e. The van der Waals surface area contributed by atoms with E-state index in [1.807, 2.05) is 13.8 Å². The Morgan fingerprint density at radius 3 is 2.15 bits per heavy atom. The molecular formula is C24H35N2Pr-. The van der Waals surface area contributed by atoms with Gasteiger partial charge in [0.05, 0.1) is 0 Å². The van der Waals surface area contributed by atoms with Gasteiger partial charge in [0, 0.05) is 54.4 Å². The van der Waals surface area contributed by atoms with Crippen molar-refractivity contribution in [1.82, 2.24) is 4.90 Å². The van der Waals surface area contributed by atoms with Crippen LogP contribution >= 0.6 is 0 Å². The molecule has 3 heteroatoms. The zero-order valence-corrected chi connectivity index (χ0v) is 21.6. The Bertz CT molecular complexity index is 697. The van der Waals surface area contributed by atoms with Gasteiger partial charge in [-0.2, -0.15) is 0 Å². The van der Waals surface area contributed by atoms with E-state index < -0.39 is 0 Å². The first-order valence-corrected chi connectivity index (χ1v) is 10.2. The molecule has 2 aromatic rings. The van der Waals surface area contributed by atoms with Crippen LogP contribution in [-0.2, 0) is 25.9 Å². The van der Waals surface area contributed by atoms with E-state index in [-0.39, 0.29) is 41.3 Å². The minimum absolute atomic E-state index is 0. The van der Waals surface area contributed by atoms with Crippen molar-refractivity contribution >= 4 is 0 Å². The Labute approximate surface area is 200 Å². The predicted octanol–water partition coefficient (Wildman–Crippen LogP) is 5.82. The van der Waals surface area contributed by atoms with Crippen molar-refractivity contribution in [3.63, 3.8) is 0 Å². The molecule has 2 aromatic carbocycles. The minimum atomic E-state index is 0. The molecule has 0 aliphatic carbocycles. The number of benzene rings is 2. The van der Waals surface area contributed by atoms with Crippen LogP contribution in [0.5, 0.6) is 0 Å². The van der Waals surface area contributed by atoms with Crippen LogP contribution in [0.2, 0.25) is 0 Å². The summed E-state index contributed by atoms with van der Waals surface area (Å²) in [5.41, 5.74) is 8.75. The first kappa shape index (κ1) is 24.8. The minimum Gasteiger partial charge on any atom is -0.658 e. The van der Waals surface area contributed by atoms with E-state index in [0.29, 0.717) is 0 Å². The van der Waals surface area contributed by atoms with Gasteiger partial charge in [-0.3, -0.25) is 4.90 Å². The molecule has 0 N–H and O–H groups in total. The third kappa shape index (κ3) is 7.57. The average Bonchev–Trinajstić information content (AvgIpc) is 2.69. The second-order valence-corrected chi connectivity index (χ2v) is 7.02. The van der Waals surface area contributed by atoms with E-state index in [9.17, 15) is 0 Å². The number of likely N-dealkylation sites (N-methyl/N-ethyl adjacent to an activating group) is 1. The Hall–Kier alpha value is -0.276. The van der Waals surface area contributed by atoms with E-state index in [0.717, 1.165) is 26.1 Å². The maximum Gasteiger partial charge on any atom is 0.0236 e. The van der Waals surface area contributed by atoms with Gasteiger partial charge < -0.3 is 5.32 Å². The maximum atomic E-state index is 4.36. The summed E-state index contributed by atoms with van der Waals surface area (Å²) in [6.07, 6.45) is 2.36. The summed E-state index contributed by atoms with van der Waals surface area (Å²) in [5, 5.41) is 4.36. The quantitative estimate of drug-likeness (QED) is 0.490. The Morgan fingerprint density at radius 1 is 0.852 bits per heavy atom. The van der Waals surface area contributed by atoms with E-state index in [2.05, 4.69) is 67.4 Å². The predicted molar refractivity (Wildman–Crippen MR) is 114 cm³/mol. The van der Waals surface area contributed by atoms with Gasteiger partial charge in [0.25, 0.3) is 0 Å². The van der Waals surface area contributed by atoms with Crippen LogP contribution in [0, 0.1) is 55.1 Å². The van der Waals surface area contributed by atoms with Gasteiger partial charge in [0.2, 0.25) is 0 Å².